The highest BCUT2D eigenvalue weighted by molar-refractivity contribution is 7.89. The molecule has 1 rings (SSSR count). The Balaban J connectivity index is 2.79. The molecule has 5 nitrogen and oxygen atoms in total. The molecule has 7 heteroatoms. The number of rotatable bonds is 9. The highest BCUT2D eigenvalue weighted by Gasteiger charge is 2.21. The largest absolute Gasteiger partial charge is 0.383 e. The lowest BCUT2D eigenvalue weighted by Gasteiger charge is -2.12. The summed E-state index contributed by atoms with van der Waals surface area (Å²) in [5, 5.41) is 3.28. The molecule has 0 amide bonds. The highest BCUT2D eigenvalue weighted by atomic mass is 32.2. The smallest absolute Gasteiger partial charge is 0.241 e. The zero-order valence-electron chi connectivity index (χ0n) is 12.5. The van der Waals surface area contributed by atoms with Crippen LogP contribution in [0.25, 0.3) is 0 Å². The second-order valence-corrected chi connectivity index (χ2v) is 7.81. The maximum absolute atomic E-state index is 12.3. The van der Waals surface area contributed by atoms with E-state index in [0.29, 0.717) is 18.0 Å². The van der Waals surface area contributed by atoms with E-state index in [1.54, 1.807) is 20.1 Å². The summed E-state index contributed by atoms with van der Waals surface area (Å²) < 4.78 is 32.2. The molecule has 0 aliphatic heterocycles. The Kier molecular flexibility index (Phi) is 7.11. The number of thiophene rings is 1. The van der Waals surface area contributed by atoms with Gasteiger partial charge in [-0.2, -0.15) is 0 Å². The Morgan fingerprint density at radius 1 is 1.45 bits per heavy atom. The standard InChI is InChI=1S/C13H24N2O3S2/c1-5-6-14-8-12-7-13(11(3)19-12)20(16,17)15-10(2)9-18-4/h7,10,14-15H,5-6,8-9H2,1-4H3. The third-order valence-corrected chi connectivity index (χ3v) is 5.61. The van der Waals surface area contributed by atoms with Crippen LogP contribution in [0.4, 0.5) is 0 Å². The third-order valence-electron chi connectivity index (χ3n) is 2.71. The minimum atomic E-state index is -3.47. The van der Waals surface area contributed by atoms with Gasteiger partial charge in [-0.05, 0) is 32.9 Å². The Morgan fingerprint density at radius 3 is 2.75 bits per heavy atom. The molecular formula is C13H24N2O3S2. The lowest BCUT2D eigenvalue weighted by molar-refractivity contribution is 0.180. The van der Waals surface area contributed by atoms with Crippen LogP contribution in [-0.2, 0) is 21.3 Å². The van der Waals surface area contributed by atoms with Gasteiger partial charge in [-0.1, -0.05) is 6.92 Å². The van der Waals surface area contributed by atoms with Crippen LogP contribution >= 0.6 is 11.3 Å². The monoisotopic (exact) mass is 320 g/mol. The maximum Gasteiger partial charge on any atom is 0.241 e. The number of sulfonamides is 1. The van der Waals surface area contributed by atoms with E-state index in [1.807, 2.05) is 6.92 Å². The van der Waals surface area contributed by atoms with Gasteiger partial charge in [0.15, 0.2) is 0 Å². The van der Waals surface area contributed by atoms with Gasteiger partial charge >= 0.3 is 0 Å². The first-order chi connectivity index (χ1) is 9.40. The molecule has 116 valence electrons. The lowest BCUT2D eigenvalue weighted by Crippen LogP contribution is -2.35. The summed E-state index contributed by atoms with van der Waals surface area (Å²) in [5.74, 6) is 0. The van der Waals surface area contributed by atoms with Crippen LogP contribution in [0.15, 0.2) is 11.0 Å². The summed E-state index contributed by atoms with van der Waals surface area (Å²) in [7, 11) is -1.92. The minimum absolute atomic E-state index is 0.244. The molecule has 1 aromatic heterocycles. The van der Waals surface area contributed by atoms with Gasteiger partial charge in [0.1, 0.15) is 0 Å². The average Bonchev–Trinajstić information content (AvgIpc) is 2.71. The summed E-state index contributed by atoms with van der Waals surface area (Å²) >= 11 is 1.52. The highest BCUT2D eigenvalue weighted by Crippen LogP contribution is 2.25. The molecule has 0 bridgehead atoms. The van der Waals surface area contributed by atoms with Crippen LogP contribution in [0.1, 0.15) is 30.0 Å². The summed E-state index contributed by atoms with van der Waals surface area (Å²) in [6.45, 7) is 7.72. The van der Waals surface area contributed by atoms with Gasteiger partial charge in [-0.3, -0.25) is 0 Å². The minimum Gasteiger partial charge on any atom is -0.383 e. The SMILES string of the molecule is CCCNCc1cc(S(=O)(=O)NC(C)COC)c(C)s1. The van der Waals surface area contributed by atoms with Crippen molar-refractivity contribution in [2.75, 3.05) is 20.3 Å². The van der Waals surface area contributed by atoms with Crippen molar-refractivity contribution in [1.82, 2.24) is 10.0 Å². The van der Waals surface area contributed by atoms with Crippen molar-refractivity contribution in [3.05, 3.63) is 15.8 Å². The van der Waals surface area contributed by atoms with Crippen molar-refractivity contribution < 1.29 is 13.2 Å². The number of hydrogen-bond donors (Lipinski definition) is 2. The zero-order chi connectivity index (χ0) is 15.2. The van der Waals surface area contributed by atoms with Crippen LogP contribution in [0.2, 0.25) is 0 Å². The molecule has 1 atom stereocenters. The van der Waals surface area contributed by atoms with Gasteiger partial charge in [-0.15, -0.1) is 11.3 Å². The van der Waals surface area contributed by atoms with E-state index in [9.17, 15) is 8.42 Å². The van der Waals surface area contributed by atoms with E-state index < -0.39 is 10.0 Å². The van der Waals surface area contributed by atoms with E-state index in [1.165, 1.54) is 11.3 Å². The van der Waals surface area contributed by atoms with E-state index in [0.717, 1.165) is 22.7 Å². The Morgan fingerprint density at radius 2 is 2.15 bits per heavy atom. The second-order valence-electron chi connectivity index (χ2n) is 4.79. The first kappa shape index (κ1) is 17.6. The molecule has 0 saturated heterocycles. The Bertz CT molecular complexity index is 512. The molecule has 1 unspecified atom stereocenters. The van der Waals surface area contributed by atoms with Crippen LogP contribution in [-0.4, -0.2) is 34.7 Å². The molecule has 0 saturated carbocycles. The van der Waals surface area contributed by atoms with E-state index in [-0.39, 0.29) is 6.04 Å². The third kappa shape index (κ3) is 5.14. The van der Waals surface area contributed by atoms with Crippen molar-refractivity contribution in [3.63, 3.8) is 0 Å². The molecule has 1 heterocycles. The van der Waals surface area contributed by atoms with Crippen LogP contribution < -0.4 is 10.0 Å². The molecule has 20 heavy (non-hydrogen) atoms. The van der Waals surface area contributed by atoms with Crippen LogP contribution in [0.3, 0.4) is 0 Å². The number of hydrogen-bond acceptors (Lipinski definition) is 5. The van der Waals surface area contributed by atoms with Gasteiger partial charge in [0.05, 0.1) is 11.5 Å². The second kappa shape index (κ2) is 8.09. The van der Waals surface area contributed by atoms with Gasteiger partial charge in [-0.25, -0.2) is 13.1 Å². The Labute approximate surface area is 125 Å². The Hall–Kier alpha value is -0.470. The predicted molar refractivity (Wildman–Crippen MR) is 82.7 cm³/mol. The van der Waals surface area contributed by atoms with E-state index in [2.05, 4.69) is 17.0 Å². The van der Waals surface area contributed by atoms with E-state index >= 15 is 0 Å². The van der Waals surface area contributed by atoms with Gasteiger partial charge in [0.25, 0.3) is 0 Å². The maximum atomic E-state index is 12.3. The van der Waals surface area contributed by atoms with Crippen molar-refractivity contribution >= 4 is 21.4 Å². The van der Waals surface area contributed by atoms with E-state index in [4.69, 9.17) is 4.74 Å². The van der Waals surface area contributed by atoms with Crippen molar-refractivity contribution in [2.45, 2.75) is 44.7 Å². The zero-order valence-corrected chi connectivity index (χ0v) is 14.2. The average molecular weight is 320 g/mol. The lowest BCUT2D eigenvalue weighted by atomic mass is 10.4. The molecule has 0 fully saturated rings. The van der Waals surface area contributed by atoms with Crippen molar-refractivity contribution in [3.8, 4) is 0 Å². The number of ether oxygens (including phenoxy) is 1. The fourth-order valence-corrected chi connectivity index (χ4v) is 4.71. The van der Waals surface area contributed by atoms with Crippen LogP contribution in [0, 0.1) is 6.92 Å². The summed E-state index contributed by atoms with van der Waals surface area (Å²) in [6, 6.07) is 1.51. The summed E-state index contributed by atoms with van der Waals surface area (Å²) in [4.78, 5) is 2.23. The number of aryl methyl sites for hydroxylation is 1. The predicted octanol–water partition coefficient (Wildman–Crippen LogP) is 1.87. The fourth-order valence-electron chi connectivity index (χ4n) is 1.88. The fraction of sp³-hybridized carbons (Fsp3) is 0.692. The van der Waals surface area contributed by atoms with Crippen molar-refractivity contribution in [2.24, 2.45) is 0 Å². The van der Waals surface area contributed by atoms with Gasteiger partial charge in [0, 0.05) is 29.5 Å². The number of nitrogens with one attached hydrogen (secondary N) is 2. The molecule has 0 aliphatic rings. The summed E-state index contributed by atoms with van der Waals surface area (Å²) in [5.41, 5.74) is 0. The van der Waals surface area contributed by atoms with Crippen LogP contribution in [0.5, 0.6) is 0 Å². The molecule has 0 aliphatic carbocycles. The first-order valence-corrected chi connectivity index (χ1v) is 9.02. The molecule has 0 radical (unpaired) electrons. The van der Waals surface area contributed by atoms with Gasteiger partial charge < -0.3 is 10.1 Å². The topological polar surface area (TPSA) is 67.4 Å². The summed E-state index contributed by atoms with van der Waals surface area (Å²) in [6.07, 6.45) is 1.06. The molecular weight excluding hydrogens is 296 g/mol. The molecule has 2 N–H and O–H groups in total. The van der Waals surface area contributed by atoms with Gasteiger partial charge in [0.2, 0.25) is 10.0 Å². The quantitative estimate of drug-likeness (QED) is 0.682. The molecule has 0 spiro atoms. The normalized spacial score (nSPS) is 13.6. The first-order valence-electron chi connectivity index (χ1n) is 6.72. The molecule has 0 aromatic carbocycles. The molecule has 1 aromatic rings. The number of methoxy groups -OCH3 is 1. The van der Waals surface area contributed by atoms with Crippen molar-refractivity contribution in [1.29, 1.82) is 0 Å².